The second-order valence-electron chi connectivity index (χ2n) is 5.35. The van der Waals surface area contributed by atoms with E-state index in [-0.39, 0.29) is 0 Å². The van der Waals surface area contributed by atoms with E-state index >= 15 is 0 Å². The molecule has 0 unspecified atom stereocenters. The average Bonchev–Trinajstić information content (AvgIpc) is 2.84. The maximum Gasteiger partial charge on any atom is 0.217 e. The van der Waals surface area contributed by atoms with Gasteiger partial charge in [-0.05, 0) is 43.7 Å². The third-order valence-corrected chi connectivity index (χ3v) is 4.17. The predicted molar refractivity (Wildman–Crippen MR) is 69.9 cm³/mol. The van der Waals surface area contributed by atoms with Gasteiger partial charge in [0.1, 0.15) is 0 Å². The van der Waals surface area contributed by atoms with Crippen LogP contribution >= 0.6 is 0 Å². The van der Waals surface area contributed by atoms with Gasteiger partial charge in [-0.1, -0.05) is 13.3 Å². The molecule has 0 aliphatic heterocycles. The number of pyridine rings is 1. The number of aromatic nitrogens is 2. The number of hydrogen-bond acceptors (Lipinski definition) is 4. The molecule has 2 N–H and O–H groups in total. The smallest absolute Gasteiger partial charge is 0.217 e. The number of fused-ring (bicyclic) bond motifs is 1. The summed E-state index contributed by atoms with van der Waals surface area (Å²) in [6.45, 7) is 2.25. The summed E-state index contributed by atoms with van der Waals surface area (Å²) in [5, 5.41) is 0. The molecule has 4 heteroatoms. The molecular formula is C14H19N3O. The molecule has 18 heavy (non-hydrogen) atoms. The Bertz CT molecular complexity index is 508. The lowest BCUT2D eigenvalue weighted by molar-refractivity contribution is 0.198. The Morgan fingerprint density at radius 1 is 1.44 bits per heavy atom. The Labute approximate surface area is 107 Å². The normalized spacial score (nSPS) is 28.7. The molecule has 1 fully saturated rings. The Morgan fingerprint density at radius 2 is 2.22 bits per heavy atom. The van der Waals surface area contributed by atoms with Gasteiger partial charge in [-0.25, -0.2) is 4.98 Å². The molecule has 3 rings (SSSR count). The van der Waals surface area contributed by atoms with Gasteiger partial charge in [-0.15, -0.1) is 0 Å². The summed E-state index contributed by atoms with van der Waals surface area (Å²) in [5.41, 5.74) is 7.47. The van der Waals surface area contributed by atoms with Crippen molar-refractivity contribution in [3.63, 3.8) is 0 Å². The van der Waals surface area contributed by atoms with Gasteiger partial charge in [-0.2, -0.15) is 4.98 Å². The van der Waals surface area contributed by atoms with Gasteiger partial charge < -0.3 is 10.2 Å². The molecule has 0 saturated heterocycles. The highest BCUT2D eigenvalue weighted by Gasteiger charge is 2.37. The number of nitrogens with two attached hydrogens (primary N) is 1. The molecule has 0 aromatic carbocycles. The van der Waals surface area contributed by atoms with Crippen molar-refractivity contribution in [1.29, 1.82) is 0 Å². The van der Waals surface area contributed by atoms with Gasteiger partial charge in [0.05, 0.1) is 5.54 Å². The van der Waals surface area contributed by atoms with Crippen LogP contribution in [0, 0.1) is 5.92 Å². The average molecular weight is 245 g/mol. The molecule has 2 aromatic rings. The van der Waals surface area contributed by atoms with E-state index in [0.29, 0.717) is 11.5 Å². The molecule has 1 saturated carbocycles. The van der Waals surface area contributed by atoms with Crippen LogP contribution in [0.5, 0.6) is 0 Å². The van der Waals surface area contributed by atoms with Crippen molar-refractivity contribution >= 4 is 11.2 Å². The van der Waals surface area contributed by atoms with Crippen LogP contribution in [0.3, 0.4) is 0 Å². The Balaban J connectivity index is 1.89. The van der Waals surface area contributed by atoms with Crippen molar-refractivity contribution < 1.29 is 4.42 Å². The highest BCUT2D eigenvalue weighted by Crippen LogP contribution is 2.38. The maximum absolute atomic E-state index is 6.48. The van der Waals surface area contributed by atoms with Crippen molar-refractivity contribution in [2.75, 3.05) is 0 Å². The molecule has 2 heterocycles. The van der Waals surface area contributed by atoms with Crippen molar-refractivity contribution in [2.24, 2.45) is 11.7 Å². The zero-order chi connectivity index (χ0) is 12.6. The van der Waals surface area contributed by atoms with Gasteiger partial charge >= 0.3 is 0 Å². The lowest BCUT2D eigenvalue weighted by atomic mass is 9.76. The summed E-state index contributed by atoms with van der Waals surface area (Å²) in [5.74, 6) is 1.47. The molecular weight excluding hydrogens is 226 g/mol. The topological polar surface area (TPSA) is 64.9 Å². The minimum atomic E-state index is -0.396. The SMILES string of the molecule is CCC1CCC(N)(c2nc3ncccc3o2)CC1. The molecule has 2 aromatic heterocycles. The van der Waals surface area contributed by atoms with Crippen LogP contribution in [0.4, 0.5) is 0 Å². The predicted octanol–water partition coefficient (Wildman–Crippen LogP) is 2.98. The monoisotopic (exact) mass is 245 g/mol. The minimum absolute atomic E-state index is 0.396. The summed E-state index contributed by atoms with van der Waals surface area (Å²) >= 11 is 0. The molecule has 1 aliphatic carbocycles. The van der Waals surface area contributed by atoms with Crippen LogP contribution in [0.2, 0.25) is 0 Å². The van der Waals surface area contributed by atoms with Gasteiger partial charge in [0.25, 0.3) is 0 Å². The molecule has 4 nitrogen and oxygen atoms in total. The first-order valence-electron chi connectivity index (χ1n) is 6.72. The molecule has 1 aliphatic rings. The van der Waals surface area contributed by atoms with Crippen molar-refractivity contribution in [3.05, 3.63) is 24.2 Å². The second kappa shape index (κ2) is 4.35. The van der Waals surface area contributed by atoms with E-state index in [4.69, 9.17) is 10.2 Å². The van der Waals surface area contributed by atoms with Crippen LogP contribution in [0.25, 0.3) is 11.2 Å². The van der Waals surface area contributed by atoms with E-state index in [1.165, 1.54) is 19.3 Å². The molecule has 0 radical (unpaired) electrons. The first kappa shape index (κ1) is 11.7. The summed E-state index contributed by atoms with van der Waals surface area (Å²) in [6, 6.07) is 3.74. The number of hydrogen-bond donors (Lipinski definition) is 1. The molecule has 96 valence electrons. The van der Waals surface area contributed by atoms with Gasteiger partial charge in [-0.3, -0.25) is 0 Å². The van der Waals surface area contributed by atoms with Crippen molar-refractivity contribution in [2.45, 2.75) is 44.6 Å². The largest absolute Gasteiger partial charge is 0.437 e. The van der Waals surface area contributed by atoms with E-state index in [1.807, 2.05) is 12.1 Å². The number of nitrogens with zero attached hydrogens (tertiary/aromatic N) is 2. The quantitative estimate of drug-likeness (QED) is 0.883. The van der Waals surface area contributed by atoms with Gasteiger partial charge in [0, 0.05) is 6.20 Å². The highest BCUT2D eigenvalue weighted by molar-refractivity contribution is 5.67. The van der Waals surface area contributed by atoms with Crippen LogP contribution in [-0.4, -0.2) is 9.97 Å². The van der Waals surface area contributed by atoms with Crippen LogP contribution in [-0.2, 0) is 5.54 Å². The third-order valence-electron chi connectivity index (χ3n) is 4.17. The molecule has 0 amide bonds. The summed E-state index contributed by atoms with van der Waals surface area (Å²) in [7, 11) is 0. The van der Waals surface area contributed by atoms with E-state index in [1.54, 1.807) is 6.20 Å². The lowest BCUT2D eigenvalue weighted by Gasteiger charge is -2.34. The van der Waals surface area contributed by atoms with Crippen LogP contribution < -0.4 is 5.73 Å². The van der Waals surface area contributed by atoms with E-state index in [9.17, 15) is 0 Å². The first-order chi connectivity index (χ1) is 8.71. The van der Waals surface area contributed by atoms with Gasteiger partial charge in [0.2, 0.25) is 5.89 Å². The van der Waals surface area contributed by atoms with Crippen molar-refractivity contribution in [1.82, 2.24) is 9.97 Å². The second-order valence-corrected chi connectivity index (χ2v) is 5.35. The molecule has 0 spiro atoms. The zero-order valence-corrected chi connectivity index (χ0v) is 10.7. The Morgan fingerprint density at radius 3 is 2.89 bits per heavy atom. The summed E-state index contributed by atoms with van der Waals surface area (Å²) in [4.78, 5) is 8.65. The number of rotatable bonds is 2. The Kier molecular flexibility index (Phi) is 2.82. The van der Waals surface area contributed by atoms with Crippen LogP contribution in [0.15, 0.2) is 22.7 Å². The first-order valence-corrected chi connectivity index (χ1v) is 6.72. The highest BCUT2D eigenvalue weighted by atomic mass is 16.4. The zero-order valence-electron chi connectivity index (χ0n) is 10.7. The minimum Gasteiger partial charge on any atom is -0.437 e. The van der Waals surface area contributed by atoms with E-state index in [0.717, 1.165) is 24.3 Å². The lowest BCUT2D eigenvalue weighted by Crippen LogP contribution is -2.40. The van der Waals surface area contributed by atoms with E-state index < -0.39 is 5.54 Å². The van der Waals surface area contributed by atoms with Crippen LogP contribution in [0.1, 0.15) is 44.9 Å². The Hall–Kier alpha value is -1.42. The fourth-order valence-electron chi connectivity index (χ4n) is 2.80. The fourth-order valence-corrected chi connectivity index (χ4v) is 2.80. The summed E-state index contributed by atoms with van der Waals surface area (Å²) < 4.78 is 5.78. The molecule has 0 bridgehead atoms. The number of oxazole rings is 1. The third kappa shape index (κ3) is 1.90. The van der Waals surface area contributed by atoms with E-state index in [2.05, 4.69) is 16.9 Å². The standard InChI is InChI=1S/C14H19N3O/c1-2-10-5-7-14(15,8-6-10)13-17-12-11(18-13)4-3-9-16-12/h3-4,9-10H,2,5-8,15H2,1H3. The van der Waals surface area contributed by atoms with Crippen molar-refractivity contribution in [3.8, 4) is 0 Å². The fraction of sp³-hybridized carbons (Fsp3) is 0.571. The van der Waals surface area contributed by atoms with Gasteiger partial charge in [0.15, 0.2) is 11.2 Å². The molecule has 0 atom stereocenters. The maximum atomic E-state index is 6.48. The summed E-state index contributed by atoms with van der Waals surface area (Å²) in [6.07, 6.45) is 7.21.